The third kappa shape index (κ3) is 5.95. The number of likely N-dealkylation sites (N-methyl/N-ethyl adjacent to an activating group) is 1. The molecule has 0 saturated heterocycles. The molecule has 144 valence electrons. The zero-order chi connectivity index (χ0) is 20.0. The minimum Gasteiger partial charge on any atom is -0.495 e. The number of para-hydroxylation sites is 1. The van der Waals surface area contributed by atoms with Gasteiger partial charge in [-0.25, -0.2) is 0 Å². The summed E-state index contributed by atoms with van der Waals surface area (Å²) in [6, 6.07) is 11.8. The predicted molar refractivity (Wildman–Crippen MR) is 111 cm³/mol. The van der Waals surface area contributed by atoms with Gasteiger partial charge in [0.1, 0.15) is 5.75 Å². The van der Waals surface area contributed by atoms with Crippen LogP contribution in [0.4, 0.5) is 11.4 Å². The van der Waals surface area contributed by atoms with Crippen LogP contribution in [0.3, 0.4) is 0 Å². The number of nitrogens with zero attached hydrogens (tertiary/aromatic N) is 1. The van der Waals surface area contributed by atoms with Crippen molar-refractivity contribution in [2.24, 2.45) is 0 Å². The van der Waals surface area contributed by atoms with Crippen molar-refractivity contribution in [3.8, 4) is 5.75 Å². The summed E-state index contributed by atoms with van der Waals surface area (Å²) in [7, 11) is 3.24. The lowest BCUT2D eigenvalue weighted by molar-refractivity contribution is -0.122. The van der Waals surface area contributed by atoms with E-state index in [2.05, 4.69) is 26.6 Å². The number of hydrogen-bond acceptors (Lipinski definition) is 4. The van der Waals surface area contributed by atoms with Crippen molar-refractivity contribution in [3.05, 3.63) is 52.0 Å². The second kappa shape index (κ2) is 9.73. The molecule has 0 aromatic heterocycles. The van der Waals surface area contributed by atoms with Crippen LogP contribution in [-0.2, 0) is 9.59 Å². The third-order valence-corrected chi connectivity index (χ3v) is 4.99. The molecule has 0 bridgehead atoms. The standard InChI is InChI=1S/C19H21BrClN3O3/c1-12(19(26)22-13-8-9-17(27-3)15(21)10-13)24(2)11-18(25)23-16-7-5-4-6-14(16)20/h4-10,12H,11H2,1-3H3,(H,22,26)(H,23,25). The summed E-state index contributed by atoms with van der Waals surface area (Å²) in [6.07, 6.45) is 0. The number of hydrogen-bond donors (Lipinski definition) is 2. The Hall–Kier alpha value is -2.09. The number of nitrogens with one attached hydrogen (secondary N) is 2. The number of anilines is 2. The second-order valence-corrected chi connectivity index (χ2v) is 7.22. The molecule has 0 fully saturated rings. The second-order valence-electron chi connectivity index (χ2n) is 5.96. The zero-order valence-electron chi connectivity index (χ0n) is 15.3. The Balaban J connectivity index is 1.92. The number of carbonyl (C=O) groups is 2. The van der Waals surface area contributed by atoms with Gasteiger partial charge in [0.25, 0.3) is 0 Å². The normalized spacial score (nSPS) is 11.8. The molecule has 0 saturated carbocycles. The molecule has 0 aliphatic rings. The fourth-order valence-electron chi connectivity index (χ4n) is 2.31. The first-order chi connectivity index (χ1) is 12.8. The van der Waals surface area contributed by atoms with Crippen LogP contribution in [0, 0.1) is 0 Å². The first-order valence-electron chi connectivity index (χ1n) is 8.21. The molecule has 1 unspecified atom stereocenters. The average molecular weight is 455 g/mol. The van der Waals surface area contributed by atoms with Gasteiger partial charge in [0.15, 0.2) is 0 Å². The Morgan fingerprint density at radius 2 is 1.93 bits per heavy atom. The number of ether oxygens (including phenoxy) is 1. The number of amides is 2. The number of rotatable bonds is 7. The Morgan fingerprint density at radius 1 is 1.22 bits per heavy atom. The summed E-state index contributed by atoms with van der Waals surface area (Å²) in [5, 5.41) is 6.01. The Labute approximate surface area is 172 Å². The molecule has 2 amide bonds. The number of benzene rings is 2. The SMILES string of the molecule is COc1ccc(NC(=O)C(C)N(C)CC(=O)Nc2ccccc2Br)cc1Cl. The lowest BCUT2D eigenvalue weighted by Crippen LogP contribution is -2.43. The molecule has 1 atom stereocenters. The monoisotopic (exact) mass is 453 g/mol. The highest BCUT2D eigenvalue weighted by atomic mass is 79.9. The molecule has 2 N–H and O–H groups in total. The Morgan fingerprint density at radius 3 is 2.56 bits per heavy atom. The van der Waals surface area contributed by atoms with Crippen LogP contribution in [0.25, 0.3) is 0 Å². The minimum absolute atomic E-state index is 0.0687. The van der Waals surface area contributed by atoms with Gasteiger partial charge in [-0.3, -0.25) is 14.5 Å². The van der Waals surface area contributed by atoms with E-state index >= 15 is 0 Å². The number of halogens is 2. The van der Waals surface area contributed by atoms with Crippen LogP contribution >= 0.6 is 27.5 Å². The van der Waals surface area contributed by atoms with Crippen molar-refractivity contribution in [1.82, 2.24) is 4.90 Å². The molecule has 2 aromatic carbocycles. The van der Waals surface area contributed by atoms with Gasteiger partial charge in [-0.2, -0.15) is 0 Å². The quantitative estimate of drug-likeness (QED) is 0.663. The van der Waals surface area contributed by atoms with Crippen molar-refractivity contribution in [3.63, 3.8) is 0 Å². The summed E-state index contributed by atoms with van der Waals surface area (Å²) < 4.78 is 5.89. The van der Waals surface area contributed by atoms with Gasteiger partial charge in [-0.15, -0.1) is 0 Å². The number of carbonyl (C=O) groups excluding carboxylic acids is 2. The number of methoxy groups -OCH3 is 1. The molecule has 0 aliphatic heterocycles. The molecular weight excluding hydrogens is 434 g/mol. The maximum atomic E-state index is 12.4. The van der Waals surface area contributed by atoms with Crippen molar-refractivity contribution in [2.75, 3.05) is 31.3 Å². The van der Waals surface area contributed by atoms with Gasteiger partial charge in [-0.1, -0.05) is 23.7 Å². The largest absolute Gasteiger partial charge is 0.495 e. The molecule has 0 spiro atoms. The molecule has 0 radical (unpaired) electrons. The lowest BCUT2D eigenvalue weighted by Gasteiger charge is -2.23. The van der Waals surface area contributed by atoms with E-state index in [1.54, 1.807) is 43.1 Å². The first-order valence-corrected chi connectivity index (χ1v) is 9.38. The van der Waals surface area contributed by atoms with E-state index in [0.29, 0.717) is 22.1 Å². The minimum atomic E-state index is -0.518. The van der Waals surface area contributed by atoms with Crippen LogP contribution in [0.1, 0.15) is 6.92 Å². The Kier molecular flexibility index (Phi) is 7.65. The first kappa shape index (κ1) is 21.2. The van der Waals surface area contributed by atoms with Crippen molar-refractivity contribution in [2.45, 2.75) is 13.0 Å². The van der Waals surface area contributed by atoms with Crippen molar-refractivity contribution in [1.29, 1.82) is 0 Å². The van der Waals surface area contributed by atoms with Crippen LogP contribution < -0.4 is 15.4 Å². The summed E-state index contributed by atoms with van der Waals surface area (Å²) >= 11 is 9.45. The van der Waals surface area contributed by atoms with E-state index in [0.717, 1.165) is 4.47 Å². The molecule has 2 aromatic rings. The van der Waals surface area contributed by atoms with E-state index in [1.165, 1.54) is 7.11 Å². The van der Waals surface area contributed by atoms with Gasteiger partial charge in [0.2, 0.25) is 11.8 Å². The van der Waals surface area contributed by atoms with Crippen LogP contribution in [-0.4, -0.2) is 43.5 Å². The topological polar surface area (TPSA) is 70.7 Å². The highest BCUT2D eigenvalue weighted by Crippen LogP contribution is 2.27. The fourth-order valence-corrected chi connectivity index (χ4v) is 2.95. The van der Waals surface area contributed by atoms with Gasteiger partial charge in [-0.05, 0) is 60.2 Å². The van der Waals surface area contributed by atoms with Gasteiger partial charge in [0, 0.05) is 10.2 Å². The van der Waals surface area contributed by atoms with Gasteiger partial charge < -0.3 is 15.4 Å². The summed E-state index contributed by atoms with van der Waals surface area (Å²) in [5.74, 6) is 0.0764. The highest BCUT2D eigenvalue weighted by molar-refractivity contribution is 9.10. The van der Waals surface area contributed by atoms with Crippen molar-refractivity contribution >= 4 is 50.7 Å². The molecule has 27 heavy (non-hydrogen) atoms. The molecule has 0 aliphatic carbocycles. The van der Waals surface area contributed by atoms with Crippen LogP contribution in [0.5, 0.6) is 5.75 Å². The van der Waals surface area contributed by atoms with E-state index in [-0.39, 0.29) is 18.4 Å². The molecular formula is C19H21BrClN3O3. The van der Waals surface area contributed by atoms with Crippen LogP contribution in [0.2, 0.25) is 5.02 Å². The summed E-state index contributed by atoms with van der Waals surface area (Å²) in [6.45, 7) is 1.80. The average Bonchev–Trinajstić information content (AvgIpc) is 2.63. The van der Waals surface area contributed by atoms with E-state index in [1.807, 2.05) is 18.2 Å². The Bertz CT molecular complexity index is 832. The molecule has 8 heteroatoms. The zero-order valence-corrected chi connectivity index (χ0v) is 17.6. The predicted octanol–water partition coefficient (Wildman–Crippen LogP) is 4.01. The van der Waals surface area contributed by atoms with E-state index in [4.69, 9.17) is 16.3 Å². The van der Waals surface area contributed by atoms with Gasteiger partial charge in [0.05, 0.1) is 30.4 Å². The summed E-state index contributed by atoms with van der Waals surface area (Å²) in [4.78, 5) is 26.3. The molecule has 2 rings (SSSR count). The van der Waals surface area contributed by atoms with E-state index in [9.17, 15) is 9.59 Å². The van der Waals surface area contributed by atoms with Crippen molar-refractivity contribution < 1.29 is 14.3 Å². The third-order valence-electron chi connectivity index (χ3n) is 4.00. The maximum Gasteiger partial charge on any atom is 0.241 e. The maximum absolute atomic E-state index is 12.4. The van der Waals surface area contributed by atoms with E-state index < -0.39 is 6.04 Å². The summed E-state index contributed by atoms with van der Waals surface area (Å²) in [5.41, 5.74) is 1.24. The molecule has 6 nitrogen and oxygen atoms in total. The smallest absolute Gasteiger partial charge is 0.241 e. The highest BCUT2D eigenvalue weighted by Gasteiger charge is 2.21. The van der Waals surface area contributed by atoms with Crippen LogP contribution in [0.15, 0.2) is 46.9 Å². The molecule has 0 heterocycles. The lowest BCUT2D eigenvalue weighted by atomic mass is 10.2. The fraction of sp³-hybridized carbons (Fsp3) is 0.263. The van der Waals surface area contributed by atoms with Gasteiger partial charge >= 0.3 is 0 Å².